The minimum absolute atomic E-state index is 0.468. The highest BCUT2D eigenvalue weighted by Gasteiger charge is 2.22. The predicted molar refractivity (Wildman–Crippen MR) is 113 cm³/mol. The van der Waals surface area contributed by atoms with Crippen LogP contribution in [-0.2, 0) is 0 Å². The first kappa shape index (κ1) is 17.8. The molecule has 29 heavy (non-hydrogen) atoms. The van der Waals surface area contributed by atoms with Crippen molar-refractivity contribution in [2.75, 3.05) is 11.9 Å². The van der Waals surface area contributed by atoms with E-state index in [1.165, 1.54) is 19.2 Å². The van der Waals surface area contributed by atoms with Gasteiger partial charge < -0.3 is 19.8 Å². The third-order valence-corrected chi connectivity index (χ3v) is 5.17. The smallest absolute Gasteiger partial charge is 0.158 e. The molecule has 2 aromatic heterocycles. The molecule has 5 rings (SSSR count). The van der Waals surface area contributed by atoms with Gasteiger partial charge in [0, 0.05) is 12.3 Å². The summed E-state index contributed by atoms with van der Waals surface area (Å²) in [6.45, 7) is 0.760. The van der Waals surface area contributed by atoms with E-state index >= 15 is 0 Å². The highest BCUT2D eigenvalue weighted by Crippen LogP contribution is 2.37. The number of H-pyrrole nitrogens is 1. The first-order valence-corrected chi connectivity index (χ1v) is 9.88. The third kappa shape index (κ3) is 3.98. The zero-order valence-corrected chi connectivity index (χ0v) is 16.3. The number of fused-ring (bicyclic) bond motifs is 1. The molecule has 1 aliphatic carbocycles. The molecule has 0 spiro atoms. The molecular formula is C22H19ClN4O2. The van der Waals surface area contributed by atoms with Gasteiger partial charge in [0.05, 0.1) is 17.8 Å². The van der Waals surface area contributed by atoms with E-state index in [4.69, 9.17) is 21.1 Å². The highest BCUT2D eigenvalue weighted by molar-refractivity contribution is 6.34. The van der Waals surface area contributed by atoms with E-state index < -0.39 is 0 Å². The van der Waals surface area contributed by atoms with Crippen LogP contribution in [0.5, 0.6) is 17.2 Å². The highest BCUT2D eigenvalue weighted by atomic mass is 35.5. The number of anilines is 2. The van der Waals surface area contributed by atoms with E-state index in [1.807, 2.05) is 54.7 Å². The Labute approximate surface area is 172 Å². The maximum atomic E-state index is 6.61. The molecule has 1 fully saturated rings. The van der Waals surface area contributed by atoms with Crippen molar-refractivity contribution < 1.29 is 9.47 Å². The summed E-state index contributed by atoms with van der Waals surface area (Å²) in [5.74, 6) is 3.37. The van der Waals surface area contributed by atoms with Crippen molar-refractivity contribution in [1.82, 2.24) is 15.0 Å². The number of hydrogen-bond acceptors (Lipinski definition) is 5. The number of ether oxygens (including phenoxy) is 2. The molecule has 7 heteroatoms. The molecule has 4 aromatic rings. The maximum Gasteiger partial charge on any atom is 0.158 e. The van der Waals surface area contributed by atoms with Crippen molar-refractivity contribution in [3.63, 3.8) is 0 Å². The zero-order chi connectivity index (χ0) is 19.6. The second kappa shape index (κ2) is 7.64. The number of halogens is 1. The monoisotopic (exact) mass is 406 g/mol. The zero-order valence-electron chi connectivity index (χ0n) is 15.6. The summed E-state index contributed by atoms with van der Waals surface area (Å²) in [5.41, 5.74) is 2.34. The summed E-state index contributed by atoms with van der Waals surface area (Å²) in [7, 11) is 0. The van der Waals surface area contributed by atoms with E-state index in [2.05, 4.69) is 20.3 Å². The standard InChI is InChI=1S/C22H19ClN4O2/c23-20-17(27-22-21-18(9-10-24-21)25-13-26-22)5-2-6-19(20)29-16-4-1-3-15(11-16)28-12-14-7-8-14/h1-6,9-11,13-14,24H,7-8,12H2,(H,25,26,27). The second-order valence-electron chi connectivity index (χ2n) is 7.03. The van der Waals surface area contributed by atoms with E-state index in [-0.39, 0.29) is 0 Å². The average molecular weight is 407 g/mol. The third-order valence-electron chi connectivity index (χ3n) is 4.78. The normalized spacial score (nSPS) is 13.4. The Bertz CT molecular complexity index is 1160. The van der Waals surface area contributed by atoms with Gasteiger partial charge >= 0.3 is 0 Å². The van der Waals surface area contributed by atoms with Gasteiger partial charge in [0.1, 0.15) is 34.1 Å². The van der Waals surface area contributed by atoms with Crippen molar-refractivity contribution >= 4 is 34.1 Å². The van der Waals surface area contributed by atoms with Crippen LogP contribution in [0.2, 0.25) is 5.02 Å². The fourth-order valence-electron chi connectivity index (χ4n) is 3.03. The van der Waals surface area contributed by atoms with Crippen LogP contribution in [0, 0.1) is 5.92 Å². The largest absolute Gasteiger partial charge is 0.493 e. The Kier molecular flexibility index (Phi) is 4.69. The minimum Gasteiger partial charge on any atom is -0.493 e. The molecule has 2 N–H and O–H groups in total. The van der Waals surface area contributed by atoms with E-state index in [1.54, 1.807) is 0 Å². The van der Waals surface area contributed by atoms with Crippen LogP contribution in [-0.4, -0.2) is 21.6 Å². The fraction of sp³-hybridized carbons (Fsp3) is 0.182. The summed E-state index contributed by atoms with van der Waals surface area (Å²) >= 11 is 6.61. The molecule has 146 valence electrons. The molecule has 0 bridgehead atoms. The number of rotatable bonds is 7. The first-order chi connectivity index (χ1) is 14.3. The van der Waals surface area contributed by atoms with Crippen molar-refractivity contribution in [2.24, 2.45) is 5.92 Å². The van der Waals surface area contributed by atoms with Gasteiger partial charge in [-0.2, -0.15) is 0 Å². The number of aromatic amines is 1. The van der Waals surface area contributed by atoms with E-state index in [0.29, 0.717) is 33.9 Å². The summed E-state index contributed by atoms with van der Waals surface area (Å²) in [6, 6.07) is 15.1. The van der Waals surface area contributed by atoms with Gasteiger partial charge in [-0.25, -0.2) is 9.97 Å². The van der Waals surface area contributed by atoms with Gasteiger partial charge in [-0.1, -0.05) is 23.7 Å². The van der Waals surface area contributed by atoms with Crippen LogP contribution in [0.25, 0.3) is 11.0 Å². The molecule has 2 aromatic carbocycles. The van der Waals surface area contributed by atoms with Gasteiger partial charge in [0.2, 0.25) is 0 Å². The quantitative estimate of drug-likeness (QED) is 0.397. The minimum atomic E-state index is 0.468. The first-order valence-electron chi connectivity index (χ1n) is 9.50. The van der Waals surface area contributed by atoms with Crippen molar-refractivity contribution in [3.05, 3.63) is 66.1 Å². The molecule has 0 atom stereocenters. The van der Waals surface area contributed by atoms with Crippen LogP contribution in [0.3, 0.4) is 0 Å². The summed E-state index contributed by atoms with van der Waals surface area (Å²) in [6.07, 6.45) is 5.85. The number of benzene rings is 2. The van der Waals surface area contributed by atoms with Crippen LogP contribution in [0.1, 0.15) is 12.8 Å². The fourth-order valence-corrected chi connectivity index (χ4v) is 3.25. The van der Waals surface area contributed by atoms with Crippen LogP contribution in [0.4, 0.5) is 11.5 Å². The Hall–Kier alpha value is -3.25. The average Bonchev–Trinajstić information content (AvgIpc) is 3.44. The van der Waals surface area contributed by atoms with E-state index in [9.17, 15) is 0 Å². The summed E-state index contributed by atoms with van der Waals surface area (Å²) in [5, 5.41) is 3.73. The Morgan fingerprint density at radius 3 is 2.83 bits per heavy atom. The topological polar surface area (TPSA) is 72.1 Å². The lowest BCUT2D eigenvalue weighted by molar-refractivity contribution is 0.298. The molecule has 0 saturated heterocycles. The maximum absolute atomic E-state index is 6.61. The van der Waals surface area contributed by atoms with Gasteiger partial charge in [-0.05, 0) is 49.1 Å². The molecule has 0 aliphatic heterocycles. The van der Waals surface area contributed by atoms with Crippen LogP contribution < -0.4 is 14.8 Å². The molecule has 0 unspecified atom stereocenters. The number of nitrogens with zero attached hydrogens (tertiary/aromatic N) is 2. The SMILES string of the molecule is Clc1c(Nc2ncnc3cc[nH]c23)cccc1Oc1cccc(OCC2CC2)c1. The van der Waals surface area contributed by atoms with E-state index in [0.717, 1.165) is 23.4 Å². The van der Waals surface area contributed by atoms with Crippen LogP contribution in [0.15, 0.2) is 61.1 Å². The molecule has 0 radical (unpaired) electrons. The summed E-state index contributed by atoms with van der Waals surface area (Å²) < 4.78 is 11.9. The molecule has 0 amide bonds. The molecular weight excluding hydrogens is 388 g/mol. The molecule has 1 aliphatic rings. The number of hydrogen-bond donors (Lipinski definition) is 2. The van der Waals surface area contributed by atoms with Crippen molar-refractivity contribution in [3.8, 4) is 17.2 Å². The number of nitrogens with one attached hydrogen (secondary N) is 2. The van der Waals surface area contributed by atoms with Crippen molar-refractivity contribution in [1.29, 1.82) is 0 Å². The predicted octanol–water partition coefficient (Wildman–Crippen LogP) is 5.94. The molecule has 2 heterocycles. The van der Waals surface area contributed by atoms with Crippen LogP contribution >= 0.6 is 11.6 Å². The lowest BCUT2D eigenvalue weighted by atomic mass is 10.2. The second-order valence-corrected chi connectivity index (χ2v) is 7.41. The van der Waals surface area contributed by atoms with Crippen molar-refractivity contribution in [2.45, 2.75) is 12.8 Å². The molecule has 6 nitrogen and oxygen atoms in total. The number of aromatic nitrogens is 3. The van der Waals surface area contributed by atoms with Gasteiger partial charge in [0.15, 0.2) is 5.82 Å². The van der Waals surface area contributed by atoms with Gasteiger partial charge in [0.25, 0.3) is 0 Å². The molecule has 1 saturated carbocycles. The lowest BCUT2D eigenvalue weighted by Crippen LogP contribution is -1.99. The lowest BCUT2D eigenvalue weighted by Gasteiger charge is -2.13. The Morgan fingerprint density at radius 2 is 1.93 bits per heavy atom. The summed E-state index contributed by atoms with van der Waals surface area (Å²) in [4.78, 5) is 11.7. The van der Waals surface area contributed by atoms with Gasteiger partial charge in [-0.15, -0.1) is 0 Å². The Morgan fingerprint density at radius 1 is 1.07 bits per heavy atom. The van der Waals surface area contributed by atoms with Gasteiger partial charge in [-0.3, -0.25) is 0 Å². The Balaban J connectivity index is 1.36.